The van der Waals surface area contributed by atoms with Gasteiger partial charge in [-0.3, -0.25) is 9.79 Å². The van der Waals surface area contributed by atoms with Gasteiger partial charge in [-0.25, -0.2) is 0 Å². The average Bonchev–Trinajstić information content (AvgIpc) is 1.98. The maximum Gasteiger partial charge on any atom is 0.173 e. The van der Waals surface area contributed by atoms with Crippen molar-refractivity contribution in [3.8, 4) is 0 Å². The van der Waals surface area contributed by atoms with E-state index >= 15 is 0 Å². The number of hydrogen-bond donors (Lipinski definition) is 0. The molecule has 0 aliphatic rings. The van der Waals surface area contributed by atoms with Gasteiger partial charge >= 0.3 is 0 Å². The van der Waals surface area contributed by atoms with Gasteiger partial charge in [0.05, 0.1) is 6.21 Å². The van der Waals surface area contributed by atoms with Crippen molar-refractivity contribution in [2.24, 2.45) is 4.99 Å². The average molecular weight is 141 g/mol. The summed E-state index contributed by atoms with van der Waals surface area (Å²) in [6, 6.07) is 0. The molecule has 58 valence electrons. The van der Waals surface area contributed by atoms with E-state index in [9.17, 15) is 4.79 Å². The molecule has 0 saturated carbocycles. The molecule has 0 fully saturated rings. The SMILES string of the molecule is CCCCN=CC(=O)CC. The Kier molecular flexibility index (Phi) is 6.03. The molecule has 0 aliphatic carbocycles. The standard InChI is InChI=1S/C8H15NO/c1-3-5-6-9-7-8(10)4-2/h7H,3-6H2,1-2H3. The lowest BCUT2D eigenvalue weighted by atomic mass is 10.3. The van der Waals surface area contributed by atoms with Gasteiger partial charge in [-0.15, -0.1) is 0 Å². The first-order valence-corrected chi connectivity index (χ1v) is 3.83. The van der Waals surface area contributed by atoms with E-state index in [1.165, 1.54) is 6.21 Å². The Morgan fingerprint density at radius 1 is 1.50 bits per heavy atom. The Morgan fingerprint density at radius 3 is 2.70 bits per heavy atom. The highest BCUT2D eigenvalue weighted by Crippen LogP contribution is 1.85. The van der Waals surface area contributed by atoms with E-state index in [1.54, 1.807) is 0 Å². The van der Waals surface area contributed by atoms with Crippen LogP contribution in [0.5, 0.6) is 0 Å². The summed E-state index contributed by atoms with van der Waals surface area (Å²) in [5.74, 6) is 0.121. The van der Waals surface area contributed by atoms with Gasteiger partial charge in [-0.2, -0.15) is 0 Å². The number of carbonyl (C=O) groups excluding carboxylic acids is 1. The monoisotopic (exact) mass is 141 g/mol. The highest BCUT2D eigenvalue weighted by atomic mass is 16.1. The number of hydrogen-bond acceptors (Lipinski definition) is 2. The summed E-state index contributed by atoms with van der Waals surface area (Å²) < 4.78 is 0. The molecule has 0 radical (unpaired) electrons. The van der Waals surface area contributed by atoms with Crippen LogP contribution in [0.2, 0.25) is 0 Å². The molecule has 10 heavy (non-hydrogen) atoms. The van der Waals surface area contributed by atoms with E-state index in [2.05, 4.69) is 11.9 Å². The van der Waals surface area contributed by atoms with Gasteiger partial charge in [0, 0.05) is 13.0 Å². The van der Waals surface area contributed by atoms with Crippen LogP contribution in [0, 0.1) is 0 Å². The molecular weight excluding hydrogens is 126 g/mol. The molecule has 0 aliphatic heterocycles. The minimum Gasteiger partial charge on any atom is -0.293 e. The second-order valence-electron chi connectivity index (χ2n) is 2.21. The summed E-state index contributed by atoms with van der Waals surface area (Å²) in [7, 11) is 0. The smallest absolute Gasteiger partial charge is 0.173 e. The van der Waals surface area contributed by atoms with Gasteiger partial charge in [0.2, 0.25) is 0 Å². The molecule has 0 heterocycles. The van der Waals surface area contributed by atoms with E-state index in [1.807, 2.05) is 6.92 Å². The minimum atomic E-state index is 0.121. The van der Waals surface area contributed by atoms with Crippen molar-refractivity contribution >= 4 is 12.0 Å². The van der Waals surface area contributed by atoms with Crippen molar-refractivity contribution in [1.82, 2.24) is 0 Å². The van der Waals surface area contributed by atoms with Crippen LogP contribution in [0.1, 0.15) is 33.1 Å². The molecule has 0 spiro atoms. The van der Waals surface area contributed by atoms with Crippen LogP contribution in [0.25, 0.3) is 0 Å². The fraction of sp³-hybridized carbons (Fsp3) is 0.750. The molecule has 0 N–H and O–H groups in total. The van der Waals surface area contributed by atoms with E-state index in [-0.39, 0.29) is 5.78 Å². The highest BCUT2D eigenvalue weighted by Gasteiger charge is 1.88. The van der Waals surface area contributed by atoms with Crippen LogP contribution < -0.4 is 0 Å². The Hall–Kier alpha value is -0.660. The first-order valence-electron chi connectivity index (χ1n) is 3.83. The van der Waals surface area contributed by atoms with Crippen molar-refractivity contribution in [2.45, 2.75) is 33.1 Å². The molecular formula is C8H15NO. The lowest BCUT2D eigenvalue weighted by Gasteiger charge is -1.87. The third-order valence-corrected chi connectivity index (χ3v) is 1.22. The molecule has 2 heteroatoms. The zero-order valence-electron chi connectivity index (χ0n) is 6.76. The summed E-state index contributed by atoms with van der Waals surface area (Å²) in [6.07, 6.45) is 4.22. The number of Topliss-reactive ketones (excluding diaryl/α,β-unsaturated/α-hetero) is 1. The van der Waals surface area contributed by atoms with Gasteiger partial charge in [-0.1, -0.05) is 20.3 Å². The Bertz CT molecular complexity index is 118. The first kappa shape index (κ1) is 9.34. The Labute approximate surface area is 62.4 Å². The normalized spacial score (nSPS) is 10.6. The van der Waals surface area contributed by atoms with Gasteiger partial charge in [-0.05, 0) is 6.42 Å². The molecule has 0 rings (SSSR count). The number of ketones is 1. The quantitative estimate of drug-likeness (QED) is 0.424. The van der Waals surface area contributed by atoms with E-state index in [4.69, 9.17) is 0 Å². The molecule has 0 bridgehead atoms. The largest absolute Gasteiger partial charge is 0.293 e. The topological polar surface area (TPSA) is 29.4 Å². The molecule has 0 aromatic carbocycles. The predicted molar refractivity (Wildman–Crippen MR) is 43.6 cm³/mol. The molecule has 0 atom stereocenters. The van der Waals surface area contributed by atoms with E-state index in [0.717, 1.165) is 19.4 Å². The second-order valence-corrected chi connectivity index (χ2v) is 2.21. The van der Waals surface area contributed by atoms with Crippen molar-refractivity contribution in [1.29, 1.82) is 0 Å². The molecule has 0 amide bonds. The van der Waals surface area contributed by atoms with Crippen molar-refractivity contribution in [3.63, 3.8) is 0 Å². The van der Waals surface area contributed by atoms with Crippen LogP contribution in [-0.4, -0.2) is 18.5 Å². The van der Waals surface area contributed by atoms with E-state index in [0.29, 0.717) is 6.42 Å². The summed E-state index contributed by atoms with van der Waals surface area (Å²) in [5.41, 5.74) is 0. The molecule has 0 unspecified atom stereocenters. The number of unbranched alkanes of at least 4 members (excludes halogenated alkanes) is 1. The third-order valence-electron chi connectivity index (χ3n) is 1.22. The zero-order chi connectivity index (χ0) is 7.82. The second kappa shape index (κ2) is 6.46. The lowest BCUT2D eigenvalue weighted by Crippen LogP contribution is -1.96. The first-order chi connectivity index (χ1) is 4.81. The maximum atomic E-state index is 10.6. The summed E-state index contributed by atoms with van der Waals surface area (Å²) >= 11 is 0. The van der Waals surface area contributed by atoms with Crippen molar-refractivity contribution < 1.29 is 4.79 Å². The Balaban J connectivity index is 3.27. The van der Waals surface area contributed by atoms with Gasteiger partial charge in [0.15, 0.2) is 5.78 Å². The number of aliphatic imine (C=N–C) groups is 1. The van der Waals surface area contributed by atoms with Crippen LogP contribution >= 0.6 is 0 Å². The van der Waals surface area contributed by atoms with Crippen molar-refractivity contribution in [3.05, 3.63) is 0 Å². The van der Waals surface area contributed by atoms with Gasteiger partial charge in [0.1, 0.15) is 0 Å². The maximum absolute atomic E-state index is 10.6. The number of rotatable bonds is 5. The summed E-state index contributed by atoms with van der Waals surface area (Å²) in [4.78, 5) is 14.6. The minimum absolute atomic E-state index is 0.121. The Morgan fingerprint density at radius 2 is 2.20 bits per heavy atom. The van der Waals surface area contributed by atoms with Gasteiger partial charge in [0.25, 0.3) is 0 Å². The fourth-order valence-corrected chi connectivity index (χ4v) is 0.507. The highest BCUT2D eigenvalue weighted by molar-refractivity contribution is 6.27. The third kappa shape index (κ3) is 5.48. The number of carbonyl (C=O) groups is 1. The fourth-order valence-electron chi connectivity index (χ4n) is 0.507. The van der Waals surface area contributed by atoms with Crippen molar-refractivity contribution in [2.75, 3.05) is 6.54 Å². The van der Waals surface area contributed by atoms with Crippen LogP contribution in [0.4, 0.5) is 0 Å². The molecule has 0 saturated heterocycles. The van der Waals surface area contributed by atoms with Crippen LogP contribution in [-0.2, 0) is 4.79 Å². The van der Waals surface area contributed by atoms with Crippen LogP contribution in [0.15, 0.2) is 4.99 Å². The van der Waals surface area contributed by atoms with Crippen LogP contribution in [0.3, 0.4) is 0 Å². The molecule has 0 aromatic heterocycles. The zero-order valence-corrected chi connectivity index (χ0v) is 6.76. The molecule has 0 aromatic rings. The van der Waals surface area contributed by atoms with Gasteiger partial charge < -0.3 is 0 Å². The summed E-state index contributed by atoms with van der Waals surface area (Å²) in [5, 5.41) is 0. The number of nitrogens with zero attached hydrogens (tertiary/aromatic N) is 1. The van der Waals surface area contributed by atoms with E-state index < -0.39 is 0 Å². The predicted octanol–water partition coefficient (Wildman–Crippen LogP) is 1.84. The summed E-state index contributed by atoms with van der Waals surface area (Å²) in [6.45, 7) is 4.74. The lowest BCUT2D eigenvalue weighted by molar-refractivity contribution is -0.112. The molecule has 2 nitrogen and oxygen atoms in total.